The van der Waals surface area contributed by atoms with Crippen molar-refractivity contribution in [3.8, 4) is 0 Å². The zero-order valence-electron chi connectivity index (χ0n) is 6.66. The first-order valence-electron chi connectivity index (χ1n) is 3.79. The standard InChI is InChI=1S/C7H14N2O2/c1-5-2-9(3-6(5)8)4-7(10)11/h5-6H,2-4,8H2,1H3,(H,10,11). The monoisotopic (exact) mass is 158 g/mol. The summed E-state index contributed by atoms with van der Waals surface area (Å²) >= 11 is 0. The van der Waals surface area contributed by atoms with Crippen LogP contribution in [-0.4, -0.2) is 41.7 Å². The summed E-state index contributed by atoms with van der Waals surface area (Å²) in [5.41, 5.74) is 5.71. The second kappa shape index (κ2) is 3.19. The van der Waals surface area contributed by atoms with E-state index in [2.05, 4.69) is 0 Å². The van der Waals surface area contributed by atoms with E-state index in [9.17, 15) is 4.79 Å². The zero-order chi connectivity index (χ0) is 8.43. The van der Waals surface area contributed by atoms with Gasteiger partial charge in [0.05, 0.1) is 6.54 Å². The summed E-state index contributed by atoms with van der Waals surface area (Å²) in [6, 6.07) is 0.148. The van der Waals surface area contributed by atoms with Gasteiger partial charge in [0.1, 0.15) is 0 Å². The lowest BCUT2D eigenvalue weighted by Gasteiger charge is -2.10. The van der Waals surface area contributed by atoms with Crippen LogP contribution in [-0.2, 0) is 4.79 Å². The van der Waals surface area contributed by atoms with Gasteiger partial charge in [-0.2, -0.15) is 0 Å². The van der Waals surface area contributed by atoms with Crippen LogP contribution in [0.5, 0.6) is 0 Å². The normalized spacial score (nSPS) is 32.5. The Kier molecular flexibility index (Phi) is 2.46. The van der Waals surface area contributed by atoms with Crippen LogP contribution in [0.3, 0.4) is 0 Å². The molecule has 64 valence electrons. The van der Waals surface area contributed by atoms with E-state index in [-0.39, 0.29) is 12.6 Å². The molecule has 3 N–H and O–H groups in total. The summed E-state index contributed by atoms with van der Waals surface area (Å²) in [4.78, 5) is 12.2. The minimum Gasteiger partial charge on any atom is -0.480 e. The predicted molar refractivity (Wildman–Crippen MR) is 41.2 cm³/mol. The molecule has 0 spiro atoms. The van der Waals surface area contributed by atoms with Gasteiger partial charge in [-0.15, -0.1) is 0 Å². The van der Waals surface area contributed by atoms with Crippen molar-refractivity contribution in [3.63, 3.8) is 0 Å². The molecule has 0 aromatic rings. The molecule has 0 aromatic carbocycles. The van der Waals surface area contributed by atoms with E-state index in [1.807, 2.05) is 11.8 Å². The van der Waals surface area contributed by atoms with E-state index in [1.54, 1.807) is 0 Å². The molecule has 2 atom stereocenters. The van der Waals surface area contributed by atoms with Crippen LogP contribution in [0.2, 0.25) is 0 Å². The molecule has 4 nitrogen and oxygen atoms in total. The third-order valence-electron chi connectivity index (χ3n) is 2.10. The first-order chi connectivity index (χ1) is 5.09. The molecule has 1 heterocycles. The lowest BCUT2D eigenvalue weighted by atomic mass is 10.1. The molecule has 1 rings (SSSR count). The van der Waals surface area contributed by atoms with Gasteiger partial charge < -0.3 is 10.8 Å². The molecule has 0 aliphatic carbocycles. The largest absolute Gasteiger partial charge is 0.480 e. The SMILES string of the molecule is CC1CN(CC(=O)O)CC1N. The van der Waals surface area contributed by atoms with Gasteiger partial charge >= 0.3 is 5.97 Å². The van der Waals surface area contributed by atoms with Crippen LogP contribution in [0, 0.1) is 5.92 Å². The molecule has 1 fully saturated rings. The number of aliphatic carboxylic acids is 1. The highest BCUT2D eigenvalue weighted by atomic mass is 16.4. The van der Waals surface area contributed by atoms with E-state index in [1.165, 1.54) is 0 Å². The van der Waals surface area contributed by atoms with E-state index >= 15 is 0 Å². The molecule has 11 heavy (non-hydrogen) atoms. The van der Waals surface area contributed by atoms with Crippen molar-refractivity contribution < 1.29 is 9.90 Å². The van der Waals surface area contributed by atoms with Crippen LogP contribution in [0.25, 0.3) is 0 Å². The fraction of sp³-hybridized carbons (Fsp3) is 0.857. The maximum atomic E-state index is 10.3. The molecule has 0 radical (unpaired) electrons. The molecular weight excluding hydrogens is 144 g/mol. The highest BCUT2D eigenvalue weighted by molar-refractivity contribution is 5.69. The maximum Gasteiger partial charge on any atom is 0.317 e. The molecular formula is C7H14N2O2. The van der Waals surface area contributed by atoms with E-state index in [0.29, 0.717) is 12.5 Å². The number of nitrogens with zero attached hydrogens (tertiary/aromatic N) is 1. The second-order valence-electron chi connectivity index (χ2n) is 3.23. The Balaban J connectivity index is 2.35. The van der Waals surface area contributed by atoms with Crippen molar-refractivity contribution in [2.45, 2.75) is 13.0 Å². The number of carbonyl (C=O) groups is 1. The second-order valence-corrected chi connectivity index (χ2v) is 3.23. The van der Waals surface area contributed by atoms with Gasteiger partial charge in [-0.1, -0.05) is 6.92 Å². The summed E-state index contributed by atoms with van der Waals surface area (Å²) in [7, 11) is 0. The molecule has 4 heteroatoms. The van der Waals surface area contributed by atoms with Crippen molar-refractivity contribution in [2.24, 2.45) is 11.7 Å². The third kappa shape index (κ3) is 2.17. The molecule has 1 saturated heterocycles. The molecule has 2 unspecified atom stereocenters. The van der Waals surface area contributed by atoms with Crippen molar-refractivity contribution in [3.05, 3.63) is 0 Å². The Labute approximate surface area is 66.0 Å². The average molecular weight is 158 g/mol. The molecule has 0 aromatic heterocycles. The predicted octanol–water partition coefficient (Wildman–Crippen LogP) is -0.650. The van der Waals surface area contributed by atoms with Crippen molar-refractivity contribution in [2.75, 3.05) is 19.6 Å². The quantitative estimate of drug-likeness (QED) is 0.560. The summed E-state index contributed by atoms with van der Waals surface area (Å²) in [5.74, 6) is -0.347. The van der Waals surface area contributed by atoms with Gasteiger partial charge in [0.25, 0.3) is 0 Å². The Morgan fingerprint density at radius 3 is 2.73 bits per heavy atom. The number of hydrogen-bond acceptors (Lipinski definition) is 3. The number of carboxylic acids is 1. The van der Waals surface area contributed by atoms with Gasteiger partial charge in [-0.05, 0) is 5.92 Å². The van der Waals surface area contributed by atoms with E-state index < -0.39 is 5.97 Å². The van der Waals surface area contributed by atoms with Crippen LogP contribution in [0.4, 0.5) is 0 Å². The van der Waals surface area contributed by atoms with Crippen LogP contribution in [0.1, 0.15) is 6.92 Å². The zero-order valence-corrected chi connectivity index (χ0v) is 6.66. The topological polar surface area (TPSA) is 66.6 Å². The van der Waals surface area contributed by atoms with Gasteiger partial charge in [0.15, 0.2) is 0 Å². The summed E-state index contributed by atoms with van der Waals surface area (Å²) in [5, 5.41) is 8.46. The van der Waals surface area contributed by atoms with E-state index in [4.69, 9.17) is 10.8 Å². The lowest BCUT2D eigenvalue weighted by molar-refractivity contribution is -0.138. The summed E-state index contributed by atoms with van der Waals surface area (Å²) in [6.45, 7) is 3.70. The molecule has 0 bridgehead atoms. The van der Waals surface area contributed by atoms with Crippen molar-refractivity contribution in [1.82, 2.24) is 4.90 Å². The van der Waals surface area contributed by atoms with Gasteiger partial charge in [0, 0.05) is 19.1 Å². The number of rotatable bonds is 2. The van der Waals surface area contributed by atoms with Crippen LogP contribution < -0.4 is 5.73 Å². The van der Waals surface area contributed by atoms with Crippen LogP contribution in [0.15, 0.2) is 0 Å². The number of likely N-dealkylation sites (tertiary alicyclic amines) is 1. The smallest absolute Gasteiger partial charge is 0.317 e. The Bertz CT molecular complexity index is 151. The first kappa shape index (κ1) is 8.49. The van der Waals surface area contributed by atoms with Gasteiger partial charge in [0.2, 0.25) is 0 Å². The lowest BCUT2D eigenvalue weighted by Crippen LogP contribution is -2.31. The van der Waals surface area contributed by atoms with Gasteiger partial charge in [-0.25, -0.2) is 0 Å². The maximum absolute atomic E-state index is 10.3. The summed E-state index contributed by atoms with van der Waals surface area (Å²) < 4.78 is 0. The minimum atomic E-state index is -0.772. The Morgan fingerprint density at radius 1 is 1.73 bits per heavy atom. The molecule has 1 aliphatic rings. The molecule has 0 saturated carbocycles. The third-order valence-corrected chi connectivity index (χ3v) is 2.10. The van der Waals surface area contributed by atoms with Crippen molar-refractivity contribution in [1.29, 1.82) is 0 Å². The van der Waals surface area contributed by atoms with Crippen LogP contribution >= 0.6 is 0 Å². The van der Waals surface area contributed by atoms with Crippen molar-refractivity contribution >= 4 is 5.97 Å². The number of nitrogens with two attached hydrogens (primary N) is 1. The Hall–Kier alpha value is -0.610. The Morgan fingerprint density at radius 2 is 2.36 bits per heavy atom. The minimum absolute atomic E-state index is 0.123. The number of carboxylic acid groups (broad SMARTS) is 1. The number of hydrogen-bond donors (Lipinski definition) is 2. The van der Waals surface area contributed by atoms with E-state index in [0.717, 1.165) is 6.54 Å². The molecule has 1 aliphatic heterocycles. The van der Waals surface area contributed by atoms with Gasteiger partial charge in [-0.3, -0.25) is 9.69 Å². The highest BCUT2D eigenvalue weighted by Gasteiger charge is 2.27. The highest BCUT2D eigenvalue weighted by Crippen LogP contribution is 2.13. The fourth-order valence-electron chi connectivity index (χ4n) is 1.42. The first-order valence-corrected chi connectivity index (χ1v) is 3.79. The average Bonchev–Trinajstić information content (AvgIpc) is 2.10. The summed E-state index contributed by atoms with van der Waals surface area (Å²) in [6.07, 6.45) is 0. The molecule has 0 amide bonds. The fourth-order valence-corrected chi connectivity index (χ4v) is 1.42.